The molecule has 27 heavy (non-hydrogen) atoms. The highest BCUT2D eigenvalue weighted by atomic mass is 19.1. The molecule has 1 atom stereocenters. The molecule has 0 saturated carbocycles. The zero-order valence-electron chi connectivity index (χ0n) is 14.3. The van der Waals surface area contributed by atoms with E-state index in [0.29, 0.717) is 17.1 Å². The molecule has 0 spiro atoms. The second-order valence-corrected chi connectivity index (χ2v) is 5.90. The average Bonchev–Trinajstić information content (AvgIpc) is 3.14. The molecule has 0 aliphatic carbocycles. The standard InChI is InChI=1S/C21H16F2N2O2/c22-17-7-3-1-5-15(17)19(13-24)25-21(26)12-10-14-9-11-20(27-14)16-6-2-4-8-18(16)23/h1-9,11,19H,10,12H2,(H,25,26). The smallest absolute Gasteiger partial charge is 0.221 e. The summed E-state index contributed by atoms with van der Waals surface area (Å²) in [5, 5.41) is 11.7. The molecule has 1 amide bonds. The van der Waals surface area contributed by atoms with Crippen molar-refractivity contribution in [2.75, 3.05) is 0 Å². The molecule has 0 fully saturated rings. The summed E-state index contributed by atoms with van der Waals surface area (Å²) in [6.45, 7) is 0. The SMILES string of the molecule is N#CC(NC(=O)CCc1ccc(-c2ccccc2F)o1)c1ccccc1F. The summed E-state index contributed by atoms with van der Waals surface area (Å²) in [4.78, 5) is 12.1. The van der Waals surface area contributed by atoms with Crippen molar-refractivity contribution in [3.63, 3.8) is 0 Å². The van der Waals surface area contributed by atoms with E-state index < -0.39 is 23.6 Å². The largest absolute Gasteiger partial charge is 0.461 e. The molecule has 0 saturated heterocycles. The lowest BCUT2D eigenvalue weighted by molar-refractivity contribution is -0.121. The fourth-order valence-electron chi connectivity index (χ4n) is 2.68. The summed E-state index contributed by atoms with van der Waals surface area (Å²) < 4.78 is 33.2. The van der Waals surface area contributed by atoms with Gasteiger partial charge in [0.1, 0.15) is 29.2 Å². The van der Waals surface area contributed by atoms with Crippen LogP contribution in [-0.4, -0.2) is 5.91 Å². The van der Waals surface area contributed by atoms with E-state index in [4.69, 9.17) is 4.42 Å². The van der Waals surface area contributed by atoms with Crippen LogP contribution in [-0.2, 0) is 11.2 Å². The third kappa shape index (κ3) is 4.39. The maximum Gasteiger partial charge on any atom is 0.221 e. The Hall–Kier alpha value is -3.46. The maximum absolute atomic E-state index is 13.8. The van der Waals surface area contributed by atoms with Crippen molar-refractivity contribution in [2.24, 2.45) is 0 Å². The van der Waals surface area contributed by atoms with Crippen LogP contribution in [0.4, 0.5) is 8.78 Å². The Kier molecular flexibility index (Phi) is 5.62. The van der Waals surface area contributed by atoms with Gasteiger partial charge in [-0.15, -0.1) is 0 Å². The van der Waals surface area contributed by atoms with Gasteiger partial charge < -0.3 is 9.73 Å². The van der Waals surface area contributed by atoms with Crippen molar-refractivity contribution in [3.05, 3.63) is 83.6 Å². The van der Waals surface area contributed by atoms with Gasteiger partial charge in [0.15, 0.2) is 0 Å². The summed E-state index contributed by atoms with van der Waals surface area (Å²) >= 11 is 0. The third-order valence-electron chi connectivity index (χ3n) is 4.05. The van der Waals surface area contributed by atoms with Crippen molar-refractivity contribution in [1.82, 2.24) is 5.32 Å². The molecule has 1 heterocycles. The number of nitriles is 1. The molecule has 1 N–H and O–H groups in total. The monoisotopic (exact) mass is 366 g/mol. The van der Waals surface area contributed by atoms with E-state index in [0.717, 1.165) is 0 Å². The Morgan fingerprint density at radius 2 is 1.74 bits per heavy atom. The molecule has 3 aromatic rings. The number of hydrogen-bond acceptors (Lipinski definition) is 3. The van der Waals surface area contributed by atoms with Gasteiger partial charge in [0, 0.05) is 18.4 Å². The molecule has 1 aromatic heterocycles. The Bertz CT molecular complexity index is 992. The van der Waals surface area contributed by atoms with Gasteiger partial charge in [-0.3, -0.25) is 4.79 Å². The molecule has 0 bridgehead atoms. The summed E-state index contributed by atoms with van der Waals surface area (Å²) in [5.41, 5.74) is 0.463. The van der Waals surface area contributed by atoms with Crippen LogP contribution in [0.25, 0.3) is 11.3 Å². The molecule has 0 aliphatic heterocycles. The number of benzene rings is 2. The van der Waals surface area contributed by atoms with Crippen LogP contribution in [0, 0.1) is 23.0 Å². The van der Waals surface area contributed by atoms with Gasteiger partial charge >= 0.3 is 0 Å². The van der Waals surface area contributed by atoms with Crippen molar-refractivity contribution in [1.29, 1.82) is 5.26 Å². The number of hydrogen-bond donors (Lipinski definition) is 1. The molecule has 3 rings (SSSR count). The number of aryl methyl sites for hydroxylation is 1. The first-order chi connectivity index (χ1) is 13.1. The van der Waals surface area contributed by atoms with Gasteiger partial charge in [-0.05, 0) is 30.3 Å². The van der Waals surface area contributed by atoms with E-state index in [1.807, 2.05) is 6.07 Å². The van der Waals surface area contributed by atoms with Crippen LogP contribution in [0.3, 0.4) is 0 Å². The summed E-state index contributed by atoms with van der Waals surface area (Å²) in [7, 11) is 0. The van der Waals surface area contributed by atoms with Crippen LogP contribution in [0.2, 0.25) is 0 Å². The average molecular weight is 366 g/mol. The van der Waals surface area contributed by atoms with Crippen LogP contribution in [0.5, 0.6) is 0 Å². The quantitative estimate of drug-likeness (QED) is 0.697. The second-order valence-electron chi connectivity index (χ2n) is 5.90. The van der Waals surface area contributed by atoms with Gasteiger partial charge in [0.05, 0.1) is 11.6 Å². The lowest BCUT2D eigenvalue weighted by atomic mass is 10.1. The minimum absolute atomic E-state index is 0.0524. The Balaban J connectivity index is 1.61. The van der Waals surface area contributed by atoms with E-state index in [1.165, 1.54) is 24.3 Å². The van der Waals surface area contributed by atoms with Crippen LogP contribution < -0.4 is 5.32 Å². The first-order valence-corrected chi connectivity index (χ1v) is 8.35. The summed E-state index contributed by atoms with van der Waals surface area (Å²) in [6, 6.07) is 16.2. The highest BCUT2D eigenvalue weighted by molar-refractivity contribution is 5.77. The highest BCUT2D eigenvalue weighted by Crippen LogP contribution is 2.25. The van der Waals surface area contributed by atoms with Crippen LogP contribution in [0.1, 0.15) is 23.8 Å². The van der Waals surface area contributed by atoms with Crippen molar-refractivity contribution in [3.8, 4) is 17.4 Å². The lowest BCUT2D eigenvalue weighted by Crippen LogP contribution is -2.28. The van der Waals surface area contributed by atoms with Crippen molar-refractivity contribution < 1.29 is 18.0 Å². The molecule has 136 valence electrons. The molecule has 2 aromatic carbocycles. The Morgan fingerprint density at radius 3 is 2.44 bits per heavy atom. The van der Waals surface area contributed by atoms with Gasteiger partial charge in [-0.1, -0.05) is 30.3 Å². The number of furan rings is 1. The first kappa shape index (κ1) is 18.3. The number of rotatable bonds is 6. The van der Waals surface area contributed by atoms with Gasteiger partial charge in [-0.2, -0.15) is 5.26 Å². The van der Waals surface area contributed by atoms with E-state index in [9.17, 15) is 18.8 Å². The van der Waals surface area contributed by atoms with Gasteiger partial charge in [0.2, 0.25) is 5.91 Å². The number of carbonyl (C=O) groups is 1. The minimum atomic E-state index is -1.07. The predicted octanol–water partition coefficient (Wildman–Crippen LogP) is 4.54. The third-order valence-corrected chi connectivity index (χ3v) is 4.05. The Labute approximate surface area is 155 Å². The number of halogens is 2. The first-order valence-electron chi connectivity index (χ1n) is 8.35. The Morgan fingerprint density at radius 1 is 1.04 bits per heavy atom. The minimum Gasteiger partial charge on any atom is -0.461 e. The molecule has 0 aliphatic rings. The topological polar surface area (TPSA) is 66.0 Å². The van der Waals surface area contributed by atoms with Gasteiger partial charge in [-0.25, -0.2) is 8.78 Å². The fraction of sp³-hybridized carbons (Fsp3) is 0.143. The molecule has 4 nitrogen and oxygen atoms in total. The summed E-state index contributed by atoms with van der Waals surface area (Å²) in [6.07, 6.45) is 0.326. The highest BCUT2D eigenvalue weighted by Gasteiger charge is 2.17. The van der Waals surface area contributed by atoms with E-state index >= 15 is 0 Å². The second kappa shape index (κ2) is 8.28. The summed E-state index contributed by atoms with van der Waals surface area (Å²) in [5.74, 6) is -0.455. The number of carbonyl (C=O) groups excluding carboxylic acids is 1. The van der Waals surface area contributed by atoms with E-state index in [1.54, 1.807) is 36.4 Å². The van der Waals surface area contributed by atoms with Crippen molar-refractivity contribution in [2.45, 2.75) is 18.9 Å². The number of nitrogens with zero attached hydrogens (tertiary/aromatic N) is 1. The lowest BCUT2D eigenvalue weighted by Gasteiger charge is -2.12. The molecule has 6 heteroatoms. The van der Waals surface area contributed by atoms with Crippen LogP contribution in [0.15, 0.2) is 65.1 Å². The maximum atomic E-state index is 13.8. The molecular weight excluding hydrogens is 350 g/mol. The zero-order valence-corrected chi connectivity index (χ0v) is 14.3. The molecular formula is C21H16F2N2O2. The van der Waals surface area contributed by atoms with Crippen molar-refractivity contribution >= 4 is 5.91 Å². The molecule has 1 unspecified atom stereocenters. The number of amides is 1. The normalized spacial score (nSPS) is 11.6. The predicted molar refractivity (Wildman–Crippen MR) is 95.3 cm³/mol. The van der Waals surface area contributed by atoms with E-state index in [2.05, 4.69) is 5.32 Å². The van der Waals surface area contributed by atoms with E-state index in [-0.39, 0.29) is 18.4 Å². The molecule has 0 radical (unpaired) electrons. The van der Waals surface area contributed by atoms with Gasteiger partial charge in [0.25, 0.3) is 0 Å². The van der Waals surface area contributed by atoms with Crippen LogP contribution >= 0.6 is 0 Å². The fourth-order valence-corrected chi connectivity index (χ4v) is 2.68. The number of nitrogens with one attached hydrogen (secondary N) is 1. The zero-order chi connectivity index (χ0) is 19.2.